The normalized spacial score (nSPS) is 10.8. The van der Waals surface area contributed by atoms with E-state index in [-0.39, 0.29) is 5.91 Å². The van der Waals surface area contributed by atoms with Crippen LogP contribution in [0, 0.1) is 0 Å². The highest BCUT2D eigenvalue weighted by Gasteiger charge is 1.92. The van der Waals surface area contributed by atoms with Crippen LogP contribution >= 0.6 is 0 Å². The molecule has 0 unspecified atom stereocenters. The Kier molecular flexibility index (Phi) is 6.80. The number of amides is 1. The first-order chi connectivity index (χ1) is 8.29. The van der Waals surface area contributed by atoms with Crippen molar-refractivity contribution in [1.29, 1.82) is 0 Å². The quantitative estimate of drug-likeness (QED) is 0.542. The minimum absolute atomic E-state index is 0.353. The van der Waals surface area contributed by atoms with E-state index in [9.17, 15) is 4.79 Å². The first kappa shape index (κ1) is 13.5. The number of primary amides is 1. The second-order valence-corrected chi connectivity index (χ2v) is 4.24. The van der Waals surface area contributed by atoms with Crippen molar-refractivity contribution in [2.24, 2.45) is 5.73 Å². The molecule has 92 valence electrons. The molecule has 1 rings (SSSR count). The molecule has 0 heterocycles. The number of carbonyl (C=O) groups is 1. The van der Waals surface area contributed by atoms with Gasteiger partial charge < -0.3 is 5.73 Å². The smallest absolute Gasteiger partial charge is 0.241 e. The Morgan fingerprint density at radius 2 is 1.76 bits per heavy atom. The van der Waals surface area contributed by atoms with Crippen molar-refractivity contribution in [2.75, 3.05) is 0 Å². The van der Waals surface area contributed by atoms with Gasteiger partial charge in [-0.15, -0.1) is 0 Å². The molecule has 2 nitrogen and oxygen atoms in total. The van der Waals surface area contributed by atoms with E-state index in [1.807, 2.05) is 6.08 Å². The molecular weight excluding hydrogens is 210 g/mol. The third kappa shape index (κ3) is 7.34. The van der Waals surface area contributed by atoms with Gasteiger partial charge in [-0.05, 0) is 37.3 Å². The van der Waals surface area contributed by atoms with Gasteiger partial charge in [0.05, 0.1) is 0 Å². The van der Waals surface area contributed by atoms with Crippen molar-refractivity contribution in [3.8, 4) is 0 Å². The van der Waals surface area contributed by atoms with E-state index in [0.717, 1.165) is 19.3 Å². The molecule has 0 fully saturated rings. The van der Waals surface area contributed by atoms with E-state index >= 15 is 0 Å². The van der Waals surface area contributed by atoms with Crippen molar-refractivity contribution in [2.45, 2.75) is 38.5 Å². The molecule has 1 aromatic carbocycles. The van der Waals surface area contributed by atoms with Crippen LogP contribution in [0.15, 0.2) is 42.5 Å². The summed E-state index contributed by atoms with van der Waals surface area (Å²) < 4.78 is 0. The van der Waals surface area contributed by atoms with Gasteiger partial charge in [-0.2, -0.15) is 0 Å². The Hall–Kier alpha value is -1.57. The maximum atomic E-state index is 10.4. The Balaban J connectivity index is 1.96. The fraction of sp³-hybridized carbons (Fsp3) is 0.400. The van der Waals surface area contributed by atoms with Crippen molar-refractivity contribution < 1.29 is 4.79 Å². The standard InChI is InChI=1S/C15H21NO/c16-15(17)13-9-4-2-1-3-6-10-14-11-7-5-8-12-14/h5,7-9,11-13H,1-4,6,10H2,(H2,16,17). The summed E-state index contributed by atoms with van der Waals surface area (Å²) in [7, 11) is 0. The summed E-state index contributed by atoms with van der Waals surface area (Å²) in [5.41, 5.74) is 6.41. The van der Waals surface area contributed by atoms with E-state index in [1.54, 1.807) is 0 Å². The summed E-state index contributed by atoms with van der Waals surface area (Å²) in [5.74, 6) is -0.353. The van der Waals surface area contributed by atoms with Gasteiger partial charge in [0.1, 0.15) is 0 Å². The predicted octanol–water partition coefficient (Wildman–Crippen LogP) is 3.22. The molecule has 0 atom stereocenters. The number of hydrogen-bond donors (Lipinski definition) is 1. The number of hydrogen-bond acceptors (Lipinski definition) is 1. The summed E-state index contributed by atoms with van der Waals surface area (Å²) in [5, 5.41) is 0. The third-order valence-electron chi connectivity index (χ3n) is 2.71. The molecule has 0 bridgehead atoms. The highest BCUT2D eigenvalue weighted by molar-refractivity contribution is 5.85. The van der Waals surface area contributed by atoms with Gasteiger partial charge in [-0.25, -0.2) is 0 Å². The van der Waals surface area contributed by atoms with Crippen LogP contribution in [0.2, 0.25) is 0 Å². The number of unbranched alkanes of at least 4 members (excludes halogenated alkanes) is 4. The predicted molar refractivity (Wildman–Crippen MR) is 71.6 cm³/mol. The molecule has 2 heteroatoms. The van der Waals surface area contributed by atoms with Crippen LogP contribution in [0.25, 0.3) is 0 Å². The zero-order valence-corrected chi connectivity index (χ0v) is 10.3. The molecule has 1 aromatic rings. The fourth-order valence-corrected chi connectivity index (χ4v) is 1.79. The van der Waals surface area contributed by atoms with Gasteiger partial charge in [0.25, 0.3) is 0 Å². The number of benzene rings is 1. The first-order valence-corrected chi connectivity index (χ1v) is 6.29. The topological polar surface area (TPSA) is 43.1 Å². The van der Waals surface area contributed by atoms with Crippen LogP contribution in [-0.2, 0) is 11.2 Å². The lowest BCUT2D eigenvalue weighted by Crippen LogP contribution is -2.05. The van der Waals surface area contributed by atoms with Crippen molar-refractivity contribution in [3.63, 3.8) is 0 Å². The molecule has 1 amide bonds. The molecule has 0 saturated heterocycles. The number of allylic oxidation sites excluding steroid dienone is 1. The molecule has 17 heavy (non-hydrogen) atoms. The summed E-state index contributed by atoms with van der Waals surface area (Å²) in [6.45, 7) is 0. The zero-order valence-electron chi connectivity index (χ0n) is 10.3. The minimum Gasteiger partial charge on any atom is -0.366 e. The van der Waals surface area contributed by atoms with Gasteiger partial charge in [0, 0.05) is 0 Å². The van der Waals surface area contributed by atoms with Crippen LogP contribution in [0.1, 0.15) is 37.7 Å². The van der Waals surface area contributed by atoms with Gasteiger partial charge >= 0.3 is 0 Å². The second kappa shape index (κ2) is 8.57. The average molecular weight is 231 g/mol. The fourth-order valence-electron chi connectivity index (χ4n) is 1.79. The van der Waals surface area contributed by atoms with Crippen molar-refractivity contribution in [3.05, 3.63) is 48.0 Å². The molecule has 0 radical (unpaired) electrons. The van der Waals surface area contributed by atoms with Crippen LogP contribution in [0.3, 0.4) is 0 Å². The van der Waals surface area contributed by atoms with E-state index in [4.69, 9.17) is 5.73 Å². The summed E-state index contributed by atoms with van der Waals surface area (Å²) in [6.07, 6.45) is 10.3. The Labute approximate surface area is 104 Å². The lowest BCUT2D eigenvalue weighted by atomic mass is 10.1. The van der Waals surface area contributed by atoms with Gasteiger partial charge in [0.2, 0.25) is 5.91 Å². The Morgan fingerprint density at radius 3 is 2.47 bits per heavy atom. The number of nitrogens with two attached hydrogens (primary N) is 1. The molecule has 0 aliphatic heterocycles. The SMILES string of the molecule is NC(=O)C=CCCCCCCc1ccccc1. The maximum Gasteiger partial charge on any atom is 0.241 e. The Bertz CT molecular complexity index is 343. The van der Waals surface area contributed by atoms with E-state index in [0.29, 0.717) is 0 Å². The summed E-state index contributed by atoms with van der Waals surface area (Å²) in [6, 6.07) is 10.6. The Morgan fingerprint density at radius 1 is 1.06 bits per heavy atom. The van der Waals surface area contributed by atoms with Gasteiger partial charge in [0.15, 0.2) is 0 Å². The zero-order chi connectivity index (χ0) is 12.3. The summed E-state index contributed by atoms with van der Waals surface area (Å²) >= 11 is 0. The largest absolute Gasteiger partial charge is 0.366 e. The average Bonchev–Trinajstić information content (AvgIpc) is 2.33. The number of rotatable bonds is 8. The molecule has 0 aliphatic carbocycles. The van der Waals surface area contributed by atoms with Crippen molar-refractivity contribution in [1.82, 2.24) is 0 Å². The third-order valence-corrected chi connectivity index (χ3v) is 2.71. The van der Waals surface area contributed by atoms with Crippen LogP contribution < -0.4 is 5.73 Å². The van der Waals surface area contributed by atoms with Crippen molar-refractivity contribution >= 4 is 5.91 Å². The number of aryl methyl sites for hydroxylation is 1. The van der Waals surface area contributed by atoms with Crippen LogP contribution in [-0.4, -0.2) is 5.91 Å². The first-order valence-electron chi connectivity index (χ1n) is 6.29. The highest BCUT2D eigenvalue weighted by atomic mass is 16.1. The summed E-state index contributed by atoms with van der Waals surface area (Å²) in [4.78, 5) is 10.4. The van der Waals surface area contributed by atoms with Gasteiger partial charge in [-0.3, -0.25) is 4.79 Å². The molecule has 0 saturated carbocycles. The lowest BCUT2D eigenvalue weighted by Gasteiger charge is -2.00. The molecule has 0 aliphatic rings. The second-order valence-electron chi connectivity index (χ2n) is 4.24. The van der Waals surface area contributed by atoms with Gasteiger partial charge in [-0.1, -0.05) is 49.2 Å². The molecular formula is C15H21NO. The lowest BCUT2D eigenvalue weighted by molar-refractivity contribution is -0.113. The molecule has 2 N–H and O–H groups in total. The highest BCUT2D eigenvalue weighted by Crippen LogP contribution is 2.08. The van der Waals surface area contributed by atoms with Crippen LogP contribution in [0.4, 0.5) is 0 Å². The van der Waals surface area contributed by atoms with E-state index < -0.39 is 0 Å². The van der Waals surface area contributed by atoms with E-state index in [2.05, 4.69) is 30.3 Å². The molecule has 0 aromatic heterocycles. The number of carbonyl (C=O) groups excluding carboxylic acids is 1. The minimum atomic E-state index is -0.353. The maximum absolute atomic E-state index is 10.4. The van der Waals surface area contributed by atoms with E-state index in [1.165, 1.54) is 30.9 Å². The monoisotopic (exact) mass is 231 g/mol. The molecule has 0 spiro atoms. The van der Waals surface area contributed by atoms with Crippen LogP contribution in [0.5, 0.6) is 0 Å².